The fourth-order valence-corrected chi connectivity index (χ4v) is 4.99. The number of hydrogen-bond acceptors (Lipinski definition) is 5. The fraction of sp³-hybridized carbons (Fsp3) is 0.167. The van der Waals surface area contributed by atoms with E-state index in [0.29, 0.717) is 42.4 Å². The first-order chi connectivity index (χ1) is 15.1. The number of aromatic nitrogens is 1. The molecule has 2 aromatic heterocycles. The van der Waals surface area contributed by atoms with Gasteiger partial charge in [-0.25, -0.2) is 9.37 Å². The Morgan fingerprint density at radius 1 is 0.935 bits per heavy atom. The van der Waals surface area contributed by atoms with Crippen LogP contribution in [0.25, 0.3) is 21.5 Å². The molecule has 0 bridgehead atoms. The first-order valence-electron chi connectivity index (χ1n) is 10.1. The second-order valence-corrected chi connectivity index (χ2v) is 8.49. The highest BCUT2D eigenvalue weighted by Gasteiger charge is 2.27. The molecule has 0 unspecified atom stereocenters. The van der Waals surface area contributed by atoms with E-state index in [2.05, 4.69) is 0 Å². The Hall–Kier alpha value is -3.45. The van der Waals surface area contributed by atoms with Gasteiger partial charge in [0.15, 0.2) is 0 Å². The Labute approximate surface area is 183 Å². The lowest BCUT2D eigenvalue weighted by atomic mass is 10.1. The number of hydrogen-bond donors (Lipinski definition) is 1. The number of nitrogens with two attached hydrogens (primary N) is 1. The highest BCUT2D eigenvalue weighted by Crippen LogP contribution is 2.35. The minimum Gasteiger partial charge on any atom is -0.397 e. The van der Waals surface area contributed by atoms with Crippen molar-refractivity contribution < 1.29 is 9.18 Å². The number of amides is 1. The zero-order valence-electron chi connectivity index (χ0n) is 16.8. The van der Waals surface area contributed by atoms with Crippen molar-refractivity contribution in [3.8, 4) is 11.3 Å². The molecular formula is C24H21FN4OS. The second-order valence-electron chi connectivity index (χ2n) is 7.49. The van der Waals surface area contributed by atoms with Gasteiger partial charge >= 0.3 is 0 Å². The number of piperazine rings is 1. The number of halogens is 1. The van der Waals surface area contributed by atoms with Crippen LogP contribution in [0.1, 0.15) is 9.67 Å². The summed E-state index contributed by atoms with van der Waals surface area (Å²) in [5, 5.41) is 0.804. The monoisotopic (exact) mass is 432 g/mol. The molecule has 2 aromatic carbocycles. The van der Waals surface area contributed by atoms with Crippen LogP contribution in [0, 0.1) is 5.82 Å². The summed E-state index contributed by atoms with van der Waals surface area (Å²) < 4.78 is 14.1. The van der Waals surface area contributed by atoms with Crippen molar-refractivity contribution in [1.29, 1.82) is 0 Å². The van der Waals surface area contributed by atoms with Crippen molar-refractivity contribution in [3.63, 3.8) is 0 Å². The van der Waals surface area contributed by atoms with Crippen LogP contribution in [0.2, 0.25) is 0 Å². The predicted molar refractivity (Wildman–Crippen MR) is 124 cm³/mol. The average Bonchev–Trinajstić information content (AvgIpc) is 3.15. The van der Waals surface area contributed by atoms with E-state index in [1.807, 2.05) is 53.4 Å². The molecule has 2 N–H and O–H groups in total. The van der Waals surface area contributed by atoms with Crippen LogP contribution in [0.15, 0.2) is 66.7 Å². The molecule has 1 aliphatic heterocycles. The van der Waals surface area contributed by atoms with E-state index in [1.54, 1.807) is 17.0 Å². The van der Waals surface area contributed by atoms with E-state index >= 15 is 0 Å². The van der Waals surface area contributed by atoms with Gasteiger partial charge in [-0.05, 0) is 24.3 Å². The second kappa shape index (κ2) is 8.00. The van der Waals surface area contributed by atoms with Crippen LogP contribution in [0.5, 0.6) is 0 Å². The summed E-state index contributed by atoms with van der Waals surface area (Å²) in [7, 11) is 0. The molecule has 0 spiro atoms. The lowest BCUT2D eigenvalue weighted by Gasteiger charge is -2.36. The zero-order chi connectivity index (χ0) is 21.4. The summed E-state index contributed by atoms with van der Waals surface area (Å²) in [6.45, 7) is 2.19. The lowest BCUT2D eigenvalue weighted by molar-refractivity contribution is 0.0752. The average molecular weight is 433 g/mol. The molecule has 1 amide bonds. The Balaban J connectivity index is 1.36. The van der Waals surface area contributed by atoms with Crippen LogP contribution in [0.3, 0.4) is 0 Å². The normalized spacial score (nSPS) is 14.2. The third-order valence-corrected chi connectivity index (χ3v) is 6.72. The van der Waals surface area contributed by atoms with E-state index in [4.69, 9.17) is 10.7 Å². The molecule has 1 saturated heterocycles. The number of rotatable bonds is 3. The van der Waals surface area contributed by atoms with Gasteiger partial charge in [-0.1, -0.05) is 42.5 Å². The van der Waals surface area contributed by atoms with E-state index in [-0.39, 0.29) is 11.7 Å². The molecule has 0 saturated carbocycles. The SMILES string of the molecule is Nc1c(C(=O)N2CCN(c3ccccc3F)CC2)sc2nc(-c3ccccc3)ccc12. The maximum absolute atomic E-state index is 14.1. The largest absolute Gasteiger partial charge is 0.397 e. The number of fused-ring (bicyclic) bond motifs is 1. The van der Waals surface area contributed by atoms with Gasteiger partial charge in [0.2, 0.25) is 0 Å². The van der Waals surface area contributed by atoms with Crippen molar-refractivity contribution in [2.45, 2.75) is 0 Å². The number of carbonyl (C=O) groups excluding carboxylic acids is 1. The van der Waals surface area contributed by atoms with E-state index in [1.165, 1.54) is 17.4 Å². The van der Waals surface area contributed by atoms with Crippen molar-refractivity contribution in [2.24, 2.45) is 0 Å². The number of para-hydroxylation sites is 1. The molecule has 3 heterocycles. The van der Waals surface area contributed by atoms with Crippen LogP contribution in [-0.2, 0) is 0 Å². The third-order valence-electron chi connectivity index (χ3n) is 5.62. The van der Waals surface area contributed by atoms with Crippen LogP contribution >= 0.6 is 11.3 Å². The molecule has 1 aliphatic rings. The molecule has 7 heteroatoms. The summed E-state index contributed by atoms with van der Waals surface area (Å²) in [5.74, 6) is -0.328. The van der Waals surface area contributed by atoms with Gasteiger partial charge in [-0.15, -0.1) is 11.3 Å². The molecule has 0 radical (unpaired) electrons. The molecule has 156 valence electrons. The summed E-state index contributed by atoms with van der Waals surface area (Å²) in [6, 6.07) is 20.5. The first kappa shape index (κ1) is 19.5. The molecule has 5 nitrogen and oxygen atoms in total. The van der Waals surface area contributed by atoms with Crippen molar-refractivity contribution in [2.75, 3.05) is 36.8 Å². The minimum atomic E-state index is -0.240. The number of nitrogen functional groups attached to an aromatic ring is 1. The lowest BCUT2D eigenvalue weighted by Crippen LogP contribution is -2.49. The summed E-state index contributed by atoms with van der Waals surface area (Å²) in [5.41, 5.74) is 9.27. The molecule has 4 aromatic rings. The van der Waals surface area contributed by atoms with Gasteiger partial charge in [0.25, 0.3) is 5.91 Å². The smallest absolute Gasteiger partial charge is 0.266 e. The van der Waals surface area contributed by atoms with Crippen LogP contribution < -0.4 is 10.6 Å². The van der Waals surface area contributed by atoms with Crippen LogP contribution in [0.4, 0.5) is 15.8 Å². The van der Waals surface area contributed by atoms with Gasteiger partial charge in [-0.2, -0.15) is 0 Å². The number of benzene rings is 2. The van der Waals surface area contributed by atoms with Gasteiger partial charge in [0.1, 0.15) is 15.5 Å². The van der Waals surface area contributed by atoms with Crippen molar-refractivity contribution in [1.82, 2.24) is 9.88 Å². The first-order valence-corrected chi connectivity index (χ1v) is 11.0. The van der Waals surface area contributed by atoms with Gasteiger partial charge in [0, 0.05) is 37.1 Å². The van der Waals surface area contributed by atoms with Gasteiger partial charge < -0.3 is 15.5 Å². The third kappa shape index (κ3) is 3.61. The number of anilines is 2. The molecule has 0 atom stereocenters. The standard InChI is InChI=1S/C24H21FN4OS/c25-18-8-4-5-9-20(18)28-12-14-29(15-13-28)24(30)22-21(26)17-10-11-19(27-23(17)31-22)16-6-2-1-3-7-16/h1-11H,12-15,26H2. The Bertz CT molecular complexity index is 1250. The number of thiophene rings is 1. The Morgan fingerprint density at radius 2 is 1.65 bits per heavy atom. The Kier molecular flexibility index (Phi) is 5.03. The molecule has 1 fully saturated rings. The topological polar surface area (TPSA) is 62.5 Å². The summed E-state index contributed by atoms with van der Waals surface area (Å²) in [6.07, 6.45) is 0. The summed E-state index contributed by atoms with van der Waals surface area (Å²) in [4.78, 5) is 23.0. The van der Waals surface area contributed by atoms with E-state index in [0.717, 1.165) is 21.5 Å². The van der Waals surface area contributed by atoms with Crippen molar-refractivity contribution in [3.05, 3.63) is 77.4 Å². The van der Waals surface area contributed by atoms with Gasteiger partial charge in [0.05, 0.1) is 17.1 Å². The molecule has 0 aliphatic carbocycles. The molecular weight excluding hydrogens is 411 g/mol. The number of nitrogens with zero attached hydrogens (tertiary/aromatic N) is 3. The zero-order valence-corrected chi connectivity index (χ0v) is 17.6. The van der Waals surface area contributed by atoms with Gasteiger partial charge in [-0.3, -0.25) is 4.79 Å². The maximum Gasteiger partial charge on any atom is 0.266 e. The van der Waals surface area contributed by atoms with E-state index in [9.17, 15) is 9.18 Å². The molecule has 5 rings (SSSR count). The summed E-state index contributed by atoms with van der Waals surface area (Å²) >= 11 is 1.33. The fourth-order valence-electron chi connectivity index (χ4n) is 3.93. The quantitative estimate of drug-likeness (QED) is 0.512. The van der Waals surface area contributed by atoms with Crippen molar-refractivity contribution >= 4 is 38.8 Å². The minimum absolute atomic E-state index is 0.0880. The Morgan fingerprint density at radius 3 is 2.39 bits per heavy atom. The molecule has 31 heavy (non-hydrogen) atoms. The predicted octanol–water partition coefficient (Wildman–Crippen LogP) is 4.65. The highest BCUT2D eigenvalue weighted by atomic mass is 32.1. The number of pyridine rings is 1. The maximum atomic E-state index is 14.1. The van der Waals surface area contributed by atoms with Crippen LogP contribution in [-0.4, -0.2) is 42.0 Å². The number of carbonyl (C=O) groups is 1. The highest BCUT2D eigenvalue weighted by molar-refractivity contribution is 7.21. The van der Waals surface area contributed by atoms with E-state index < -0.39 is 0 Å².